The fraction of sp³-hybridized carbons (Fsp3) is 0.533. The summed E-state index contributed by atoms with van der Waals surface area (Å²) in [6, 6.07) is 1.57. The summed E-state index contributed by atoms with van der Waals surface area (Å²) in [5.74, 6) is -0.753. The van der Waals surface area contributed by atoms with Gasteiger partial charge in [0.05, 0.1) is 10.4 Å². The molecular weight excluding hydrogens is 264 g/mol. The first-order valence-corrected chi connectivity index (χ1v) is 7.00. The van der Waals surface area contributed by atoms with Crippen LogP contribution < -0.4 is 0 Å². The van der Waals surface area contributed by atoms with E-state index in [2.05, 4.69) is 0 Å². The number of aromatic hydroxyl groups is 1. The maximum atomic E-state index is 11.9. The summed E-state index contributed by atoms with van der Waals surface area (Å²) in [6.07, 6.45) is 4.21. The number of benzene rings is 1. The first-order valence-electron chi connectivity index (χ1n) is 6.62. The molecule has 1 saturated carbocycles. The zero-order chi connectivity index (χ0) is 14.2. The van der Waals surface area contributed by atoms with Gasteiger partial charge in [-0.1, -0.05) is 30.9 Å². The van der Waals surface area contributed by atoms with Crippen LogP contribution in [0.5, 0.6) is 5.75 Å². The summed E-state index contributed by atoms with van der Waals surface area (Å²) in [5.41, 5.74) is 1.46. The molecule has 2 rings (SSSR count). The SMILES string of the molecule is Cc1cc(O)c(Cl)c(C)c1C1(C(=O)O)CCCCC1. The molecule has 0 bridgehead atoms. The van der Waals surface area contributed by atoms with Gasteiger partial charge >= 0.3 is 5.97 Å². The Morgan fingerprint density at radius 3 is 2.37 bits per heavy atom. The predicted octanol–water partition coefficient (Wildman–Crippen LogP) is 3.95. The van der Waals surface area contributed by atoms with Crippen LogP contribution in [-0.2, 0) is 10.2 Å². The number of carboxylic acid groups (broad SMARTS) is 1. The van der Waals surface area contributed by atoms with E-state index < -0.39 is 11.4 Å². The van der Waals surface area contributed by atoms with Gasteiger partial charge in [-0.25, -0.2) is 0 Å². The van der Waals surface area contributed by atoms with Crippen molar-refractivity contribution >= 4 is 17.6 Å². The molecule has 4 heteroatoms. The van der Waals surface area contributed by atoms with Crippen molar-refractivity contribution in [1.29, 1.82) is 0 Å². The number of aliphatic carboxylic acids is 1. The number of carboxylic acids is 1. The number of phenolic OH excluding ortho intramolecular Hbond substituents is 1. The van der Waals surface area contributed by atoms with Crippen LogP contribution in [0.1, 0.15) is 48.8 Å². The van der Waals surface area contributed by atoms with Crippen molar-refractivity contribution in [2.75, 3.05) is 0 Å². The van der Waals surface area contributed by atoms with E-state index in [0.717, 1.165) is 30.4 Å². The molecule has 3 nitrogen and oxygen atoms in total. The van der Waals surface area contributed by atoms with Crippen molar-refractivity contribution in [2.45, 2.75) is 51.4 Å². The van der Waals surface area contributed by atoms with E-state index in [1.54, 1.807) is 13.0 Å². The maximum Gasteiger partial charge on any atom is 0.314 e. The van der Waals surface area contributed by atoms with Gasteiger partial charge in [0.2, 0.25) is 0 Å². The number of hydrogen-bond acceptors (Lipinski definition) is 2. The number of phenols is 1. The second-order valence-corrected chi connectivity index (χ2v) is 5.85. The Morgan fingerprint density at radius 1 is 1.26 bits per heavy atom. The second-order valence-electron chi connectivity index (χ2n) is 5.47. The lowest BCUT2D eigenvalue weighted by Gasteiger charge is -2.36. The highest BCUT2D eigenvalue weighted by atomic mass is 35.5. The molecule has 0 amide bonds. The van der Waals surface area contributed by atoms with E-state index in [1.165, 1.54) is 0 Å². The Bertz CT molecular complexity index is 517. The molecule has 1 fully saturated rings. The third-order valence-corrected chi connectivity index (χ3v) is 4.75. The monoisotopic (exact) mass is 282 g/mol. The van der Waals surface area contributed by atoms with Crippen molar-refractivity contribution < 1.29 is 15.0 Å². The summed E-state index contributed by atoms with van der Waals surface area (Å²) >= 11 is 6.10. The number of hydrogen-bond donors (Lipinski definition) is 2. The second kappa shape index (κ2) is 5.04. The van der Waals surface area contributed by atoms with Crippen LogP contribution in [0.25, 0.3) is 0 Å². The van der Waals surface area contributed by atoms with Crippen molar-refractivity contribution in [3.05, 3.63) is 27.8 Å². The summed E-state index contributed by atoms with van der Waals surface area (Å²) in [5, 5.41) is 19.8. The van der Waals surface area contributed by atoms with Gasteiger partial charge in [-0.2, -0.15) is 0 Å². The summed E-state index contributed by atoms with van der Waals surface area (Å²) in [7, 11) is 0. The summed E-state index contributed by atoms with van der Waals surface area (Å²) in [6.45, 7) is 3.64. The molecule has 104 valence electrons. The highest BCUT2D eigenvalue weighted by Crippen LogP contribution is 2.45. The molecule has 0 radical (unpaired) electrons. The van der Waals surface area contributed by atoms with Gasteiger partial charge in [0.15, 0.2) is 0 Å². The zero-order valence-electron chi connectivity index (χ0n) is 11.3. The fourth-order valence-corrected chi connectivity index (χ4v) is 3.55. The maximum absolute atomic E-state index is 11.9. The minimum Gasteiger partial charge on any atom is -0.506 e. The van der Waals surface area contributed by atoms with Crippen molar-refractivity contribution in [3.63, 3.8) is 0 Å². The highest BCUT2D eigenvalue weighted by Gasteiger charge is 2.43. The average Bonchev–Trinajstić information content (AvgIpc) is 2.37. The van der Waals surface area contributed by atoms with E-state index in [4.69, 9.17) is 11.6 Å². The van der Waals surface area contributed by atoms with Crippen molar-refractivity contribution in [1.82, 2.24) is 0 Å². The summed E-state index contributed by atoms with van der Waals surface area (Å²) in [4.78, 5) is 11.9. The quantitative estimate of drug-likeness (QED) is 0.863. The smallest absolute Gasteiger partial charge is 0.314 e. The first kappa shape index (κ1) is 14.2. The Kier molecular flexibility index (Phi) is 3.77. The molecule has 0 unspecified atom stereocenters. The van der Waals surface area contributed by atoms with E-state index in [-0.39, 0.29) is 10.8 Å². The third-order valence-electron chi connectivity index (χ3n) is 4.27. The van der Waals surface area contributed by atoms with Crippen LogP contribution in [0.15, 0.2) is 6.07 Å². The molecule has 2 N–H and O–H groups in total. The molecular formula is C15H19ClO3. The van der Waals surface area contributed by atoms with Gasteiger partial charge in [0.25, 0.3) is 0 Å². The predicted molar refractivity (Wildman–Crippen MR) is 75.0 cm³/mol. The van der Waals surface area contributed by atoms with Crippen LogP contribution in [0.2, 0.25) is 5.02 Å². The molecule has 1 aliphatic carbocycles. The molecule has 1 aliphatic rings. The van der Waals surface area contributed by atoms with Crippen molar-refractivity contribution in [3.8, 4) is 5.75 Å². The largest absolute Gasteiger partial charge is 0.506 e. The molecule has 0 aromatic heterocycles. The molecule has 19 heavy (non-hydrogen) atoms. The van der Waals surface area contributed by atoms with Crippen LogP contribution >= 0.6 is 11.6 Å². The van der Waals surface area contributed by atoms with E-state index in [1.807, 2.05) is 6.92 Å². The lowest BCUT2D eigenvalue weighted by Crippen LogP contribution is -2.39. The van der Waals surface area contributed by atoms with E-state index in [0.29, 0.717) is 18.4 Å². The number of aryl methyl sites for hydroxylation is 1. The topological polar surface area (TPSA) is 57.5 Å². The number of rotatable bonds is 2. The Morgan fingerprint density at radius 2 is 1.84 bits per heavy atom. The Balaban J connectivity index is 2.67. The Labute approximate surface area is 118 Å². The Hall–Kier alpha value is -1.22. The summed E-state index contributed by atoms with van der Waals surface area (Å²) < 4.78 is 0. The minimum atomic E-state index is -0.843. The molecule has 0 atom stereocenters. The number of carbonyl (C=O) groups is 1. The molecule has 0 heterocycles. The molecule has 0 saturated heterocycles. The molecule has 1 aromatic carbocycles. The number of halogens is 1. The highest BCUT2D eigenvalue weighted by molar-refractivity contribution is 6.33. The molecule has 1 aromatic rings. The van der Waals surface area contributed by atoms with Gasteiger partial charge in [-0.15, -0.1) is 0 Å². The van der Waals surface area contributed by atoms with E-state index in [9.17, 15) is 15.0 Å². The van der Waals surface area contributed by atoms with Gasteiger partial charge in [0.1, 0.15) is 5.75 Å². The standard InChI is InChI=1S/C15H19ClO3/c1-9-8-11(17)13(16)10(2)12(9)15(14(18)19)6-4-3-5-7-15/h8,17H,3-7H2,1-2H3,(H,18,19). The van der Waals surface area contributed by atoms with Crippen LogP contribution in [0.3, 0.4) is 0 Å². The third kappa shape index (κ3) is 2.20. The van der Waals surface area contributed by atoms with Crippen LogP contribution in [0.4, 0.5) is 0 Å². The lowest BCUT2D eigenvalue weighted by atomic mass is 9.67. The first-order chi connectivity index (χ1) is 8.90. The van der Waals surface area contributed by atoms with Gasteiger partial charge in [0, 0.05) is 0 Å². The van der Waals surface area contributed by atoms with Crippen molar-refractivity contribution in [2.24, 2.45) is 0 Å². The van der Waals surface area contributed by atoms with Gasteiger partial charge in [-0.3, -0.25) is 4.79 Å². The van der Waals surface area contributed by atoms with Gasteiger partial charge in [-0.05, 0) is 49.4 Å². The zero-order valence-corrected chi connectivity index (χ0v) is 12.0. The minimum absolute atomic E-state index is 0.0248. The molecule has 0 spiro atoms. The van der Waals surface area contributed by atoms with Gasteiger partial charge < -0.3 is 10.2 Å². The van der Waals surface area contributed by atoms with E-state index >= 15 is 0 Å². The van der Waals surface area contributed by atoms with Crippen LogP contribution in [0, 0.1) is 13.8 Å². The molecule has 0 aliphatic heterocycles. The average molecular weight is 283 g/mol. The van der Waals surface area contributed by atoms with Crippen LogP contribution in [-0.4, -0.2) is 16.2 Å². The normalized spacial score (nSPS) is 18.3. The lowest BCUT2D eigenvalue weighted by molar-refractivity contribution is -0.145. The fourth-order valence-electron chi connectivity index (χ4n) is 3.40.